The molecule has 1 aliphatic heterocycles. The number of benzene rings is 3. The van der Waals surface area contributed by atoms with Gasteiger partial charge in [0.2, 0.25) is 0 Å². The van der Waals surface area contributed by atoms with E-state index >= 15 is 0 Å². The maximum absolute atomic E-state index is 11.5. The molecule has 0 saturated carbocycles. The highest BCUT2D eigenvalue weighted by molar-refractivity contribution is 5.90. The number of hydrogen-bond donors (Lipinski definition) is 2. The van der Waals surface area contributed by atoms with E-state index < -0.39 is 5.91 Å². The van der Waals surface area contributed by atoms with Gasteiger partial charge in [0, 0.05) is 17.7 Å². The molecule has 3 aromatic carbocycles. The molecule has 0 radical (unpaired) electrons. The summed E-state index contributed by atoms with van der Waals surface area (Å²) in [6.07, 6.45) is 0. The summed E-state index contributed by atoms with van der Waals surface area (Å²) in [5.41, 5.74) is 19.2. The summed E-state index contributed by atoms with van der Waals surface area (Å²) in [6.45, 7) is 8.36. The normalized spacial score (nSPS) is 14.9. The molecule has 6 nitrogen and oxygen atoms in total. The van der Waals surface area contributed by atoms with Crippen LogP contribution in [0.2, 0.25) is 0 Å². The maximum Gasteiger partial charge on any atom is 0.269 e. The zero-order chi connectivity index (χ0) is 25.5. The lowest BCUT2D eigenvalue weighted by atomic mass is 9.77. The summed E-state index contributed by atoms with van der Waals surface area (Å²) < 4.78 is 7.16. The molecule has 1 amide bonds. The molecule has 0 spiro atoms. The lowest BCUT2D eigenvalue weighted by Gasteiger charge is -2.41. The number of nitrogens with zero attached hydrogens (tertiary/aromatic N) is 2. The highest BCUT2D eigenvalue weighted by atomic mass is 16.5. The Labute approximate surface area is 211 Å². The molecule has 1 aromatic heterocycles. The highest BCUT2D eigenvalue weighted by Crippen LogP contribution is 2.35. The first-order valence-corrected chi connectivity index (χ1v) is 12.2. The van der Waals surface area contributed by atoms with E-state index in [9.17, 15) is 4.79 Å². The van der Waals surface area contributed by atoms with E-state index in [1.165, 1.54) is 27.8 Å². The summed E-state index contributed by atoms with van der Waals surface area (Å²) >= 11 is 0. The van der Waals surface area contributed by atoms with Crippen molar-refractivity contribution in [3.8, 4) is 16.8 Å². The topological polar surface area (TPSA) is 96.2 Å². The van der Waals surface area contributed by atoms with Gasteiger partial charge in [0.25, 0.3) is 5.91 Å². The zero-order valence-corrected chi connectivity index (χ0v) is 21.0. The zero-order valence-electron chi connectivity index (χ0n) is 21.0. The third-order valence-electron chi connectivity index (χ3n) is 7.56. The second-order valence-corrected chi connectivity index (χ2v) is 10.3. The predicted octanol–water partition coefficient (Wildman–Crippen LogP) is 4.50. The molecule has 5 rings (SSSR count). The third-order valence-corrected chi connectivity index (χ3v) is 7.56. The van der Waals surface area contributed by atoms with Crippen LogP contribution in [0.1, 0.15) is 46.7 Å². The minimum absolute atomic E-state index is 0.0256. The number of aromatic nitrogens is 2. The van der Waals surface area contributed by atoms with Crippen LogP contribution in [0, 0.1) is 6.92 Å². The van der Waals surface area contributed by atoms with Crippen molar-refractivity contribution in [2.75, 3.05) is 19.8 Å². The van der Waals surface area contributed by atoms with Gasteiger partial charge in [-0.3, -0.25) is 4.79 Å². The van der Waals surface area contributed by atoms with Crippen LogP contribution < -0.4 is 11.5 Å². The molecule has 4 aromatic rings. The Kier molecular flexibility index (Phi) is 6.02. The number of carbonyl (C=O) groups is 1. The fraction of sp³-hybridized carbons (Fsp3) is 0.267. The van der Waals surface area contributed by atoms with Crippen molar-refractivity contribution in [1.29, 1.82) is 0 Å². The number of primary amides is 1. The molecule has 4 N–H and O–H groups in total. The molecule has 184 valence electrons. The van der Waals surface area contributed by atoms with Gasteiger partial charge in [-0.15, -0.1) is 0 Å². The first kappa shape index (κ1) is 24.0. The molecule has 0 bridgehead atoms. The van der Waals surface area contributed by atoms with Crippen LogP contribution in [0.5, 0.6) is 0 Å². The van der Waals surface area contributed by atoms with Gasteiger partial charge in [0.15, 0.2) is 5.69 Å². The molecular weight excluding hydrogens is 448 g/mol. The molecule has 0 unspecified atom stereocenters. The maximum atomic E-state index is 11.5. The number of aryl methyl sites for hydroxylation is 1. The van der Waals surface area contributed by atoms with Crippen molar-refractivity contribution < 1.29 is 9.53 Å². The Morgan fingerprint density at radius 1 is 0.944 bits per heavy atom. The lowest BCUT2D eigenvalue weighted by molar-refractivity contribution is -0.0550. The molecule has 6 heteroatoms. The number of carbonyl (C=O) groups excluding carboxylic acids is 1. The van der Waals surface area contributed by atoms with E-state index in [0.29, 0.717) is 19.8 Å². The predicted molar refractivity (Wildman–Crippen MR) is 142 cm³/mol. The highest BCUT2D eigenvalue weighted by Gasteiger charge is 2.38. The van der Waals surface area contributed by atoms with Crippen molar-refractivity contribution in [2.45, 2.75) is 31.6 Å². The fourth-order valence-corrected chi connectivity index (χ4v) is 4.89. The summed E-state index contributed by atoms with van der Waals surface area (Å²) in [5.74, 6) is -0.526. The molecule has 0 atom stereocenters. The minimum atomic E-state index is -0.526. The third kappa shape index (κ3) is 4.12. The SMILES string of the molecule is Cc1cc(C(N)=O)nn1-c1ccc(C(C)(C)c2ccc(-c3ccc(C4(CN)COC4)cc3)cc2)cc1. The van der Waals surface area contributed by atoms with Crippen LogP contribution in [0.3, 0.4) is 0 Å². The Morgan fingerprint density at radius 3 is 1.92 bits per heavy atom. The Morgan fingerprint density at radius 2 is 1.47 bits per heavy atom. The second-order valence-electron chi connectivity index (χ2n) is 10.3. The van der Waals surface area contributed by atoms with E-state index in [0.717, 1.165) is 11.4 Å². The molecular formula is C30H32N4O2. The average molecular weight is 481 g/mol. The van der Waals surface area contributed by atoms with Crippen molar-refractivity contribution in [3.05, 3.63) is 107 Å². The Hall–Kier alpha value is -3.74. The van der Waals surface area contributed by atoms with Crippen molar-refractivity contribution in [2.24, 2.45) is 11.5 Å². The summed E-state index contributed by atoms with van der Waals surface area (Å²) in [6, 6.07) is 27.5. The van der Waals surface area contributed by atoms with Gasteiger partial charge >= 0.3 is 0 Å². The van der Waals surface area contributed by atoms with Crippen LogP contribution in [-0.4, -0.2) is 35.4 Å². The van der Waals surface area contributed by atoms with E-state index in [-0.39, 0.29) is 16.5 Å². The lowest BCUT2D eigenvalue weighted by Crippen LogP contribution is -2.52. The van der Waals surface area contributed by atoms with Gasteiger partial charge in [-0.2, -0.15) is 5.10 Å². The second kappa shape index (κ2) is 9.04. The van der Waals surface area contributed by atoms with Gasteiger partial charge in [-0.25, -0.2) is 4.68 Å². The average Bonchev–Trinajstić information content (AvgIpc) is 3.26. The Bertz CT molecular complexity index is 1380. The Balaban J connectivity index is 1.35. The smallest absolute Gasteiger partial charge is 0.269 e. The molecule has 1 saturated heterocycles. The molecule has 1 aliphatic rings. The standard InChI is InChI=1S/C30H32N4O2/c1-20-16-27(28(32)35)33-34(20)26-14-12-24(13-15-26)29(2,3)23-8-4-21(5-9-23)22-6-10-25(11-7-22)30(17-31)18-36-19-30/h4-16H,17-19,31H2,1-3H3,(H2,32,35). The molecule has 2 heterocycles. The van der Waals surface area contributed by atoms with Crippen molar-refractivity contribution in [3.63, 3.8) is 0 Å². The number of nitrogens with two attached hydrogens (primary N) is 2. The number of rotatable bonds is 7. The summed E-state index contributed by atoms with van der Waals surface area (Å²) in [7, 11) is 0. The number of ether oxygens (including phenoxy) is 1. The van der Waals surface area contributed by atoms with Crippen LogP contribution in [0.15, 0.2) is 78.9 Å². The largest absolute Gasteiger partial charge is 0.379 e. The van der Waals surface area contributed by atoms with Crippen LogP contribution in [0.4, 0.5) is 0 Å². The van der Waals surface area contributed by atoms with E-state index in [4.69, 9.17) is 16.2 Å². The quantitative estimate of drug-likeness (QED) is 0.407. The first-order valence-electron chi connectivity index (χ1n) is 12.2. The minimum Gasteiger partial charge on any atom is -0.379 e. The van der Waals surface area contributed by atoms with Gasteiger partial charge in [0.1, 0.15) is 0 Å². The van der Waals surface area contributed by atoms with Crippen molar-refractivity contribution in [1.82, 2.24) is 9.78 Å². The number of hydrogen-bond acceptors (Lipinski definition) is 4. The number of amides is 1. The van der Waals surface area contributed by atoms with Gasteiger partial charge in [-0.1, -0.05) is 74.5 Å². The van der Waals surface area contributed by atoms with Crippen molar-refractivity contribution >= 4 is 5.91 Å². The molecule has 36 heavy (non-hydrogen) atoms. The van der Waals surface area contributed by atoms with E-state index in [2.05, 4.69) is 79.6 Å². The van der Waals surface area contributed by atoms with E-state index in [1.807, 2.05) is 19.1 Å². The van der Waals surface area contributed by atoms with Gasteiger partial charge in [-0.05, 0) is 52.9 Å². The molecule has 1 fully saturated rings. The summed E-state index contributed by atoms with van der Waals surface area (Å²) in [5, 5.41) is 4.33. The summed E-state index contributed by atoms with van der Waals surface area (Å²) in [4.78, 5) is 11.5. The van der Waals surface area contributed by atoms with Gasteiger partial charge < -0.3 is 16.2 Å². The van der Waals surface area contributed by atoms with E-state index in [1.54, 1.807) is 10.7 Å². The van der Waals surface area contributed by atoms with Crippen LogP contribution >= 0.6 is 0 Å². The first-order chi connectivity index (χ1) is 17.2. The monoisotopic (exact) mass is 480 g/mol. The van der Waals surface area contributed by atoms with Crippen LogP contribution in [-0.2, 0) is 15.6 Å². The fourth-order valence-electron chi connectivity index (χ4n) is 4.89. The van der Waals surface area contributed by atoms with Crippen LogP contribution in [0.25, 0.3) is 16.8 Å². The molecule has 0 aliphatic carbocycles. The van der Waals surface area contributed by atoms with Gasteiger partial charge in [0.05, 0.1) is 24.3 Å².